The van der Waals surface area contributed by atoms with E-state index in [1.807, 2.05) is 19.2 Å². The van der Waals surface area contributed by atoms with Crippen LogP contribution in [-0.2, 0) is 6.42 Å². The molecule has 0 spiro atoms. The lowest BCUT2D eigenvalue weighted by molar-refractivity contribution is 0.733. The topological polar surface area (TPSA) is 43.8 Å². The minimum absolute atomic E-state index is 0.192. The minimum Gasteiger partial charge on any atom is -0.328 e. The zero-order valence-electron chi connectivity index (χ0n) is 10.6. The molecule has 3 heteroatoms. The van der Waals surface area contributed by atoms with Crippen LogP contribution >= 0.6 is 0 Å². The molecule has 0 fully saturated rings. The Balaban J connectivity index is 2.45. The van der Waals surface area contributed by atoms with Crippen LogP contribution in [0, 0.1) is 13.8 Å². The zero-order chi connectivity index (χ0) is 12.4. The molecular formula is C14H19N3. The highest BCUT2D eigenvalue weighted by Crippen LogP contribution is 2.20. The van der Waals surface area contributed by atoms with Gasteiger partial charge in [0.2, 0.25) is 0 Å². The van der Waals surface area contributed by atoms with Crippen molar-refractivity contribution in [2.75, 3.05) is 0 Å². The van der Waals surface area contributed by atoms with Crippen molar-refractivity contribution in [3.8, 4) is 5.69 Å². The molecule has 0 saturated carbocycles. The van der Waals surface area contributed by atoms with Crippen molar-refractivity contribution in [3.63, 3.8) is 0 Å². The Bertz CT molecular complexity index is 498. The van der Waals surface area contributed by atoms with Crippen molar-refractivity contribution in [2.24, 2.45) is 5.73 Å². The summed E-state index contributed by atoms with van der Waals surface area (Å²) in [5, 5.41) is 0. The summed E-state index contributed by atoms with van der Waals surface area (Å²) in [5.74, 6) is 0. The molecule has 1 atom stereocenters. The number of hydrogen-bond donors (Lipinski definition) is 1. The average molecular weight is 229 g/mol. The first-order valence-electron chi connectivity index (χ1n) is 5.93. The minimum atomic E-state index is 0.192. The summed E-state index contributed by atoms with van der Waals surface area (Å²) in [5.41, 5.74) is 10.8. The fourth-order valence-electron chi connectivity index (χ4n) is 2.27. The van der Waals surface area contributed by atoms with Crippen molar-refractivity contribution in [1.82, 2.24) is 9.55 Å². The highest BCUT2D eigenvalue weighted by molar-refractivity contribution is 5.39. The molecule has 3 nitrogen and oxygen atoms in total. The van der Waals surface area contributed by atoms with E-state index < -0.39 is 0 Å². The maximum Gasteiger partial charge on any atom is 0.0638 e. The van der Waals surface area contributed by atoms with Gasteiger partial charge in [-0.15, -0.1) is 0 Å². The summed E-state index contributed by atoms with van der Waals surface area (Å²) < 4.78 is 2.23. The Morgan fingerprint density at radius 2 is 2.18 bits per heavy atom. The normalized spacial score (nSPS) is 12.7. The van der Waals surface area contributed by atoms with Gasteiger partial charge in [0.15, 0.2) is 0 Å². The maximum atomic E-state index is 5.87. The van der Waals surface area contributed by atoms with Crippen LogP contribution in [0.15, 0.2) is 30.6 Å². The van der Waals surface area contributed by atoms with Crippen LogP contribution in [0.5, 0.6) is 0 Å². The second-order valence-corrected chi connectivity index (χ2v) is 4.62. The molecule has 0 bridgehead atoms. The van der Waals surface area contributed by atoms with Gasteiger partial charge in [0.25, 0.3) is 0 Å². The third kappa shape index (κ3) is 2.39. The van der Waals surface area contributed by atoms with Gasteiger partial charge in [-0.1, -0.05) is 0 Å². The van der Waals surface area contributed by atoms with E-state index >= 15 is 0 Å². The standard InChI is InChI=1S/C14H19N3/c1-10(15)7-13-8-11(2)17(12(13)3)14-5-4-6-16-9-14/h4-6,8-10H,7,15H2,1-3H3. The fraction of sp³-hybridized carbons (Fsp3) is 0.357. The van der Waals surface area contributed by atoms with Crippen LogP contribution in [0.1, 0.15) is 23.9 Å². The number of hydrogen-bond acceptors (Lipinski definition) is 2. The fourth-order valence-corrected chi connectivity index (χ4v) is 2.27. The Morgan fingerprint density at radius 1 is 1.41 bits per heavy atom. The number of rotatable bonds is 3. The van der Waals surface area contributed by atoms with Gasteiger partial charge in [-0.3, -0.25) is 4.98 Å². The molecule has 0 saturated heterocycles. The highest BCUT2D eigenvalue weighted by Gasteiger charge is 2.11. The summed E-state index contributed by atoms with van der Waals surface area (Å²) >= 11 is 0. The number of pyridine rings is 1. The van der Waals surface area contributed by atoms with Crippen molar-refractivity contribution in [1.29, 1.82) is 0 Å². The van der Waals surface area contributed by atoms with Crippen LogP contribution < -0.4 is 5.73 Å². The van der Waals surface area contributed by atoms with Crippen molar-refractivity contribution >= 4 is 0 Å². The van der Waals surface area contributed by atoms with Gasteiger partial charge in [-0.2, -0.15) is 0 Å². The van der Waals surface area contributed by atoms with Crippen LogP contribution in [0.3, 0.4) is 0 Å². The molecular weight excluding hydrogens is 210 g/mol. The van der Waals surface area contributed by atoms with Gasteiger partial charge in [0, 0.05) is 23.6 Å². The van der Waals surface area contributed by atoms with E-state index in [2.05, 4.69) is 35.5 Å². The predicted octanol–water partition coefficient (Wildman–Crippen LogP) is 2.38. The lowest BCUT2D eigenvalue weighted by atomic mass is 10.1. The smallest absolute Gasteiger partial charge is 0.0638 e. The first-order valence-corrected chi connectivity index (χ1v) is 5.93. The third-order valence-electron chi connectivity index (χ3n) is 2.98. The van der Waals surface area contributed by atoms with E-state index in [-0.39, 0.29) is 6.04 Å². The third-order valence-corrected chi connectivity index (χ3v) is 2.98. The summed E-state index contributed by atoms with van der Waals surface area (Å²) in [7, 11) is 0. The number of aromatic nitrogens is 2. The maximum absolute atomic E-state index is 5.87. The second-order valence-electron chi connectivity index (χ2n) is 4.62. The van der Waals surface area contributed by atoms with Gasteiger partial charge in [0.05, 0.1) is 11.9 Å². The average Bonchev–Trinajstić information content (AvgIpc) is 2.54. The largest absolute Gasteiger partial charge is 0.328 e. The number of aryl methyl sites for hydroxylation is 1. The first kappa shape index (κ1) is 11.9. The number of nitrogens with zero attached hydrogens (tertiary/aromatic N) is 2. The SMILES string of the molecule is Cc1cc(CC(C)N)c(C)n1-c1cccnc1. The molecule has 90 valence electrons. The molecule has 1 unspecified atom stereocenters. The van der Waals surface area contributed by atoms with Gasteiger partial charge >= 0.3 is 0 Å². The van der Waals surface area contributed by atoms with Crippen molar-refractivity contribution in [2.45, 2.75) is 33.2 Å². The molecule has 2 heterocycles. The molecule has 0 aliphatic carbocycles. The molecule has 2 rings (SSSR count). The first-order chi connectivity index (χ1) is 8.09. The monoisotopic (exact) mass is 229 g/mol. The predicted molar refractivity (Wildman–Crippen MR) is 70.4 cm³/mol. The van der Waals surface area contributed by atoms with Crippen LogP contribution in [0.4, 0.5) is 0 Å². The summed E-state index contributed by atoms with van der Waals surface area (Å²) in [6.45, 7) is 6.29. The van der Waals surface area contributed by atoms with Gasteiger partial charge < -0.3 is 10.3 Å². The lowest BCUT2D eigenvalue weighted by Gasteiger charge is -2.10. The van der Waals surface area contributed by atoms with Crippen molar-refractivity contribution < 1.29 is 0 Å². The molecule has 2 aromatic rings. The molecule has 0 aliphatic rings. The van der Waals surface area contributed by atoms with E-state index in [1.54, 1.807) is 6.20 Å². The van der Waals surface area contributed by atoms with Crippen LogP contribution in [0.25, 0.3) is 5.69 Å². The quantitative estimate of drug-likeness (QED) is 0.878. The summed E-state index contributed by atoms with van der Waals surface area (Å²) in [6, 6.07) is 6.44. The molecule has 2 N–H and O–H groups in total. The molecule has 17 heavy (non-hydrogen) atoms. The van der Waals surface area contributed by atoms with E-state index in [0.717, 1.165) is 12.1 Å². The van der Waals surface area contributed by atoms with Crippen molar-refractivity contribution in [3.05, 3.63) is 47.5 Å². The Kier molecular flexibility index (Phi) is 3.29. The van der Waals surface area contributed by atoms with Crippen LogP contribution in [-0.4, -0.2) is 15.6 Å². The van der Waals surface area contributed by atoms with Gasteiger partial charge in [-0.25, -0.2) is 0 Å². The second kappa shape index (κ2) is 4.72. The Morgan fingerprint density at radius 3 is 2.76 bits per heavy atom. The van der Waals surface area contributed by atoms with E-state index in [4.69, 9.17) is 5.73 Å². The Hall–Kier alpha value is -1.61. The summed E-state index contributed by atoms with van der Waals surface area (Å²) in [4.78, 5) is 4.17. The van der Waals surface area contributed by atoms with E-state index in [9.17, 15) is 0 Å². The highest BCUT2D eigenvalue weighted by atomic mass is 15.0. The van der Waals surface area contributed by atoms with Gasteiger partial charge in [0.1, 0.15) is 0 Å². The molecule has 0 aliphatic heterocycles. The molecule has 0 aromatic carbocycles. The summed E-state index contributed by atoms with van der Waals surface area (Å²) in [6.07, 6.45) is 4.59. The lowest BCUT2D eigenvalue weighted by Crippen LogP contribution is -2.18. The molecule has 2 aromatic heterocycles. The zero-order valence-corrected chi connectivity index (χ0v) is 10.6. The molecule has 0 amide bonds. The van der Waals surface area contributed by atoms with Gasteiger partial charge in [-0.05, 0) is 51.0 Å². The van der Waals surface area contributed by atoms with Crippen LogP contribution in [0.2, 0.25) is 0 Å². The van der Waals surface area contributed by atoms with E-state index in [1.165, 1.54) is 17.0 Å². The van der Waals surface area contributed by atoms with E-state index in [0.29, 0.717) is 0 Å². The Labute approximate surface area is 102 Å². The molecule has 0 radical (unpaired) electrons. The number of nitrogens with two attached hydrogens (primary N) is 1.